The molecule has 0 aliphatic carbocycles. The Labute approximate surface area is 172 Å². The predicted octanol–water partition coefficient (Wildman–Crippen LogP) is 4.49. The highest BCUT2D eigenvalue weighted by Gasteiger charge is 2.14. The number of benzene rings is 1. The maximum Gasteiger partial charge on any atom is 0.226 e. The smallest absolute Gasteiger partial charge is 0.226 e. The monoisotopic (exact) mass is 414 g/mol. The summed E-state index contributed by atoms with van der Waals surface area (Å²) in [6, 6.07) is 6.37. The molecule has 6 nitrogen and oxygen atoms in total. The number of hydrogen-bond acceptors (Lipinski definition) is 6. The van der Waals surface area contributed by atoms with Gasteiger partial charge >= 0.3 is 0 Å². The van der Waals surface area contributed by atoms with Crippen molar-refractivity contribution in [1.29, 1.82) is 0 Å². The Bertz CT molecular complexity index is 965. The molecule has 1 N–H and O–H groups in total. The molecule has 4 rings (SSSR count). The predicted molar refractivity (Wildman–Crippen MR) is 110 cm³/mol. The first kappa shape index (κ1) is 19.7. The Hall–Kier alpha value is -2.58. The minimum absolute atomic E-state index is 0.144. The van der Waals surface area contributed by atoms with Crippen molar-refractivity contribution in [2.75, 3.05) is 18.4 Å². The zero-order chi connectivity index (χ0) is 20.1. The molecule has 0 bridgehead atoms. The molecule has 3 heterocycles. The number of carbonyl (C=O) groups excluding carboxylic acids is 1. The molecule has 29 heavy (non-hydrogen) atoms. The van der Waals surface area contributed by atoms with E-state index < -0.39 is 0 Å². The lowest BCUT2D eigenvalue weighted by molar-refractivity contribution is -0.116. The maximum absolute atomic E-state index is 13.8. The van der Waals surface area contributed by atoms with Crippen LogP contribution in [0, 0.1) is 5.82 Å². The summed E-state index contributed by atoms with van der Waals surface area (Å²) in [6.45, 7) is 3.07. The second-order valence-electron chi connectivity index (χ2n) is 7.13. The molecule has 1 amide bonds. The average molecular weight is 415 g/mol. The molecule has 152 valence electrons. The van der Waals surface area contributed by atoms with E-state index in [1.165, 1.54) is 42.9 Å². The van der Waals surface area contributed by atoms with Crippen molar-refractivity contribution in [3.63, 3.8) is 0 Å². The van der Waals surface area contributed by atoms with Gasteiger partial charge in [-0.15, -0.1) is 11.3 Å². The largest absolute Gasteiger partial charge is 0.441 e. The maximum atomic E-state index is 13.8. The summed E-state index contributed by atoms with van der Waals surface area (Å²) in [5, 5.41) is 5.45. The molecule has 0 spiro atoms. The van der Waals surface area contributed by atoms with Gasteiger partial charge in [0.25, 0.3) is 0 Å². The lowest BCUT2D eigenvalue weighted by atomic mass is 10.1. The highest BCUT2D eigenvalue weighted by Crippen LogP contribution is 2.24. The molecule has 3 aromatic rings. The molecule has 2 aromatic heterocycles. The van der Waals surface area contributed by atoms with Crippen LogP contribution in [0.25, 0.3) is 11.3 Å². The standard InChI is InChI=1S/C21H23FN4O2S/c22-17-7-3-2-6-16(17)18-12-23-20(28-18)9-8-19(27)25-21-24-15(14-29-21)13-26-10-4-1-5-11-26/h2-3,6-7,12,14H,1,4-5,8-11,13H2,(H,24,25,27). The summed E-state index contributed by atoms with van der Waals surface area (Å²) < 4.78 is 19.4. The zero-order valence-corrected chi connectivity index (χ0v) is 16.9. The van der Waals surface area contributed by atoms with Crippen LogP contribution in [0.3, 0.4) is 0 Å². The number of nitrogens with zero attached hydrogens (tertiary/aromatic N) is 3. The molecule has 1 saturated heterocycles. The summed E-state index contributed by atoms with van der Waals surface area (Å²) in [5.74, 6) is 0.260. The number of rotatable bonds is 7. The number of aromatic nitrogens is 2. The lowest BCUT2D eigenvalue weighted by Gasteiger charge is -2.25. The fourth-order valence-electron chi connectivity index (χ4n) is 3.40. The van der Waals surface area contributed by atoms with Crippen LogP contribution in [-0.2, 0) is 17.8 Å². The molecule has 1 aliphatic rings. The van der Waals surface area contributed by atoms with Gasteiger partial charge in [0, 0.05) is 24.8 Å². The molecule has 0 saturated carbocycles. The second kappa shape index (κ2) is 9.28. The highest BCUT2D eigenvalue weighted by molar-refractivity contribution is 7.13. The molecule has 8 heteroatoms. The van der Waals surface area contributed by atoms with Gasteiger partial charge in [-0.25, -0.2) is 14.4 Å². The third-order valence-corrected chi connectivity index (χ3v) is 5.70. The molecular weight excluding hydrogens is 391 g/mol. The van der Waals surface area contributed by atoms with Crippen molar-refractivity contribution < 1.29 is 13.6 Å². The Morgan fingerprint density at radius 1 is 1.24 bits per heavy atom. The van der Waals surface area contributed by atoms with Crippen LogP contribution in [0.5, 0.6) is 0 Å². The molecule has 0 radical (unpaired) electrons. The topological polar surface area (TPSA) is 71.3 Å². The van der Waals surface area contributed by atoms with Gasteiger partial charge in [-0.2, -0.15) is 0 Å². The van der Waals surface area contributed by atoms with Crippen molar-refractivity contribution in [2.45, 2.75) is 38.6 Å². The highest BCUT2D eigenvalue weighted by atomic mass is 32.1. The Kier molecular flexibility index (Phi) is 6.31. The summed E-state index contributed by atoms with van der Waals surface area (Å²) >= 11 is 1.44. The van der Waals surface area contributed by atoms with Crippen molar-refractivity contribution in [3.05, 3.63) is 53.2 Å². The quantitative estimate of drug-likeness (QED) is 0.617. The third-order valence-electron chi connectivity index (χ3n) is 4.89. The molecule has 0 unspecified atom stereocenters. The van der Waals surface area contributed by atoms with E-state index in [-0.39, 0.29) is 18.1 Å². The van der Waals surface area contributed by atoms with Crippen LogP contribution in [0.2, 0.25) is 0 Å². The van der Waals surface area contributed by atoms with Crippen molar-refractivity contribution in [1.82, 2.24) is 14.9 Å². The number of carbonyl (C=O) groups is 1. The van der Waals surface area contributed by atoms with Gasteiger partial charge in [0.05, 0.1) is 17.5 Å². The first-order chi connectivity index (χ1) is 14.2. The Balaban J connectivity index is 1.27. The van der Waals surface area contributed by atoms with Crippen molar-refractivity contribution >= 4 is 22.4 Å². The van der Waals surface area contributed by atoms with Crippen molar-refractivity contribution in [3.8, 4) is 11.3 Å². The summed E-state index contributed by atoms with van der Waals surface area (Å²) in [4.78, 5) is 23.3. The minimum Gasteiger partial charge on any atom is -0.441 e. The van der Waals surface area contributed by atoms with E-state index in [0.717, 1.165) is 25.3 Å². The van der Waals surface area contributed by atoms with E-state index in [2.05, 4.69) is 20.2 Å². The average Bonchev–Trinajstić information content (AvgIpc) is 3.37. The number of thiazole rings is 1. The van der Waals surface area contributed by atoms with Crippen LogP contribution >= 0.6 is 11.3 Å². The third kappa shape index (κ3) is 5.27. The fourth-order valence-corrected chi connectivity index (χ4v) is 4.11. The lowest BCUT2D eigenvalue weighted by Crippen LogP contribution is -2.29. The van der Waals surface area contributed by atoms with Gasteiger partial charge in [0.2, 0.25) is 5.91 Å². The minimum atomic E-state index is -0.364. The number of amides is 1. The van der Waals surface area contributed by atoms with Crippen LogP contribution < -0.4 is 5.32 Å². The van der Waals surface area contributed by atoms with E-state index in [4.69, 9.17) is 4.42 Å². The van der Waals surface area contributed by atoms with Gasteiger partial charge < -0.3 is 9.73 Å². The van der Waals surface area contributed by atoms with Gasteiger partial charge in [-0.1, -0.05) is 18.6 Å². The number of aryl methyl sites for hydroxylation is 1. The normalized spacial score (nSPS) is 14.8. The SMILES string of the molecule is O=C(CCc1ncc(-c2ccccc2F)o1)Nc1nc(CN2CCCCC2)cs1. The fraction of sp³-hybridized carbons (Fsp3) is 0.381. The summed E-state index contributed by atoms with van der Waals surface area (Å²) in [5.41, 5.74) is 1.36. The Morgan fingerprint density at radius 3 is 2.90 bits per heavy atom. The van der Waals surface area contributed by atoms with E-state index in [0.29, 0.717) is 28.8 Å². The molecule has 1 aromatic carbocycles. The summed E-state index contributed by atoms with van der Waals surface area (Å²) in [7, 11) is 0. The Morgan fingerprint density at radius 2 is 2.07 bits per heavy atom. The van der Waals surface area contributed by atoms with Crippen LogP contribution in [0.1, 0.15) is 37.3 Å². The number of nitrogens with one attached hydrogen (secondary N) is 1. The van der Waals surface area contributed by atoms with Gasteiger partial charge in [-0.3, -0.25) is 9.69 Å². The van der Waals surface area contributed by atoms with Gasteiger partial charge in [0.15, 0.2) is 16.8 Å². The van der Waals surface area contributed by atoms with Crippen LogP contribution in [0.4, 0.5) is 9.52 Å². The number of piperidine rings is 1. The molecular formula is C21H23FN4O2S. The number of halogens is 1. The molecule has 0 atom stereocenters. The number of hydrogen-bond donors (Lipinski definition) is 1. The van der Waals surface area contributed by atoms with Gasteiger partial charge in [0.1, 0.15) is 5.82 Å². The van der Waals surface area contributed by atoms with E-state index in [1.54, 1.807) is 18.2 Å². The van der Waals surface area contributed by atoms with Crippen LogP contribution in [-0.4, -0.2) is 33.9 Å². The number of oxazole rings is 1. The summed E-state index contributed by atoms with van der Waals surface area (Å²) in [6.07, 6.45) is 5.84. The molecule has 1 aliphatic heterocycles. The molecule has 1 fully saturated rings. The van der Waals surface area contributed by atoms with E-state index in [1.807, 2.05) is 5.38 Å². The number of anilines is 1. The second-order valence-corrected chi connectivity index (χ2v) is 7.99. The van der Waals surface area contributed by atoms with Gasteiger partial charge in [-0.05, 0) is 38.1 Å². The van der Waals surface area contributed by atoms with E-state index in [9.17, 15) is 9.18 Å². The first-order valence-corrected chi connectivity index (χ1v) is 10.7. The van der Waals surface area contributed by atoms with Crippen molar-refractivity contribution in [2.24, 2.45) is 0 Å². The van der Waals surface area contributed by atoms with Crippen LogP contribution in [0.15, 0.2) is 40.3 Å². The van der Waals surface area contributed by atoms with E-state index >= 15 is 0 Å². The zero-order valence-electron chi connectivity index (χ0n) is 16.1. The number of likely N-dealkylation sites (tertiary alicyclic amines) is 1. The first-order valence-electron chi connectivity index (χ1n) is 9.83.